The highest BCUT2D eigenvalue weighted by atomic mass is 16.5. The van der Waals surface area contributed by atoms with Gasteiger partial charge in [0.2, 0.25) is 0 Å². The number of rotatable bonds is 8. The molecule has 0 radical (unpaired) electrons. The van der Waals surface area contributed by atoms with Crippen molar-refractivity contribution < 1.29 is 70.8 Å². The van der Waals surface area contributed by atoms with Crippen LogP contribution in [0.5, 0.6) is 57.5 Å². The van der Waals surface area contributed by atoms with E-state index in [1.807, 2.05) is 0 Å². The standard InChI is InChI=1S/C35H36O14/c36-20(17-4-14-7-29(45)35(49-31(14)11-22(17)38)16-8-27(43)34(47)28(44)9-16)2-1-3-21(37)18-10-19-24(40)12-30(48-32(19)13-23(18)39)15-5-25(41)33(46)26(42)6-15/h4-6,8-11,13,20-21,24,29-30,35-47H,1-3,7,12H2. The van der Waals surface area contributed by atoms with Crippen LogP contribution < -0.4 is 9.47 Å². The first kappa shape index (κ1) is 33.6. The number of phenolic OH excluding ortho intramolecular Hbond substituents is 8. The molecule has 2 aliphatic heterocycles. The number of aliphatic hydroxyl groups is 4. The average molecular weight is 681 g/mol. The van der Waals surface area contributed by atoms with Crippen molar-refractivity contribution in [2.75, 3.05) is 0 Å². The molecular formula is C35H36O14. The highest BCUT2D eigenvalue weighted by Crippen LogP contribution is 2.48. The molecule has 14 nitrogen and oxygen atoms in total. The van der Waals surface area contributed by atoms with Crippen LogP contribution in [0.3, 0.4) is 0 Å². The zero-order valence-electron chi connectivity index (χ0n) is 25.8. The van der Waals surface area contributed by atoms with Crippen molar-refractivity contribution in [1.29, 1.82) is 0 Å². The Hall–Kier alpha value is -5.28. The number of hydrogen-bond acceptors (Lipinski definition) is 14. The van der Waals surface area contributed by atoms with Crippen molar-refractivity contribution in [3.8, 4) is 57.5 Å². The first-order valence-corrected chi connectivity index (χ1v) is 15.5. The Kier molecular flexibility index (Phi) is 8.90. The summed E-state index contributed by atoms with van der Waals surface area (Å²) in [5.41, 5.74) is 1.57. The summed E-state index contributed by atoms with van der Waals surface area (Å²) in [6, 6.07) is 10.1. The summed E-state index contributed by atoms with van der Waals surface area (Å²) >= 11 is 0. The van der Waals surface area contributed by atoms with Gasteiger partial charge >= 0.3 is 0 Å². The third-order valence-electron chi connectivity index (χ3n) is 9.02. The van der Waals surface area contributed by atoms with E-state index in [0.717, 1.165) is 12.1 Å². The number of aromatic hydroxyl groups is 8. The molecule has 4 aromatic rings. The third kappa shape index (κ3) is 6.46. The highest BCUT2D eigenvalue weighted by Gasteiger charge is 2.34. The summed E-state index contributed by atoms with van der Waals surface area (Å²) in [4.78, 5) is 0. The van der Waals surface area contributed by atoms with Gasteiger partial charge in [-0.2, -0.15) is 0 Å². The van der Waals surface area contributed by atoms with Crippen molar-refractivity contribution in [3.05, 3.63) is 81.9 Å². The van der Waals surface area contributed by atoms with Crippen molar-refractivity contribution in [2.45, 2.75) is 68.7 Å². The maximum atomic E-state index is 10.9. The molecule has 0 amide bonds. The van der Waals surface area contributed by atoms with Gasteiger partial charge in [-0.1, -0.05) is 0 Å². The highest BCUT2D eigenvalue weighted by molar-refractivity contribution is 5.55. The van der Waals surface area contributed by atoms with E-state index in [9.17, 15) is 61.3 Å². The Morgan fingerprint density at radius 1 is 0.592 bits per heavy atom. The largest absolute Gasteiger partial charge is 0.507 e. The molecule has 0 aromatic heterocycles. The fraction of sp³-hybridized carbons (Fsp3) is 0.314. The molecule has 49 heavy (non-hydrogen) atoms. The summed E-state index contributed by atoms with van der Waals surface area (Å²) in [6.45, 7) is 0. The van der Waals surface area contributed by atoms with Crippen molar-refractivity contribution in [2.24, 2.45) is 0 Å². The molecule has 6 atom stereocenters. The normalized spacial score (nSPS) is 21.1. The van der Waals surface area contributed by atoms with Gasteiger partial charge in [-0.15, -0.1) is 0 Å². The van der Waals surface area contributed by atoms with E-state index in [4.69, 9.17) is 9.47 Å². The molecule has 2 aliphatic rings. The molecule has 6 rings (SSSR count). The van der Waals surface area contributed by atoms with Gasteiger partial charge in [0.05, 0.1) is 24.4 Å². The smallest absolute Gasteiger partial charge is 0.200 e. The number of fused-ring (bicyclic) bond motifs is 2. The maximum Gasteiger partial charge on any atom is 0.200 e. The number of phenols is 8. The first-order chi connectivity index (χ1) is 23.2. The van der Waals surface area contributed by atoms with Gasteiger partial charge in [0.1, 0.15) is 29.1 Å². The Balaban J connectivity index is 1.10. The van der Waals surface area contributed by atoms with Gasteiger partial charge in [0, 0.05) is 52.8 Å². The number of aliphatic hydroxyl groups excluding tert-OH is 4. The fourth-order valence-corrected chi connectivity index (χ4v) is 6.39. The molecule has 0 aliphatic carbocycles. The van der Waals surface area contributed by atoms with Gasteiger partial charge in [0.25, 0.3) is 0 Å². The van der Waals surface area contributed by atoms with E-state index in [0.29, 0.717) is 11.1 Å². The number of benzene rings is 4. The predicted molar refractivity (Wildman–Crippen MR) is 169 cm³/mol. The topological polar surface area (TPSA) is 261 Å². The second-order valence-electron chi connectivity index (χ2n) is 12.4. The Morgan fingerprint density at radius 3 is 1.67 bits per heavy atom. The number of hydrogen-bond donors (Lipinski definition) is 12. The fourth-order valence-electron chi connectivity index (χ4n) is 6.39. The summed E-state index contributed by atoms with van der Waals surface area (Å²) in [7, 11) is 0. The van der Waals surface area contributed by atoms with E-state index < -0.39 is 71.1 Å². The van der Waals surface area contributed by atoms with E-state index in [1.165, 1.54) is 36.4 Å². The maximum absolute atomic E-state index is 10.9. The minimum absolute atomic E-state index is 0.0140. The second kappa shape index (κ2) is 13.0. The van der Waals surface area contributed by atoms with Crippen LogP contribution in [0.2, 0.25) is 0 Å². The minimum Gasteiger partial charge on any atom is -0.507 e. The van der Waals surface area contributed by atoms with E-state index >= 15 is 0 Å². The Morgan fingerprint density at radius 2 is 1.10 bits per heavy atom. The molecule has 14 heteroatoms. The van der Waals surface area contributed by atoms with Gasteiger partial charge in [-0.3, -0.25) is 0 Å². The second-order valence-corrected chi connectivity index (χ2v) is 12.4. The SMILES string of the molecule is Oc1cc2c(cc1C(O)CCCC(O)c1cc3c(cc1O)OC(c1cc(O)c(O)c(O)c1)CC3O)CC(O)C(c1cc(O)c(O)c(O)c1)O2. The lowest BCUT2D eigenvalue weighted by molar-refractivity contribution is 0.0202. The molecule has 0 spiro atoms. The Bertz CT molecular complexity index is 1850. The molecule has 0 bridgehead atoms. The van der Waals surface area contributed by atoms with Crippen molar-refractivity contribution >= 4 is 0 Å². The van der Waals surface area contributed by atoms with Crippen LogP contribution in [0.25, 0.3) is 0 Å². The van der Waals surface area contributed by atoms with Gasteiger partial charge in [-0.25, -0.2) is 0 Å². The van der Waals surface area contributed by atoms with Gasteiger partial charge in [-0.05, 0) is 61.2 Å². The molecule has 2 heterocycles. The average Bonchev–Trinajstić information content (AvgIpc) is 3.04. The lowest BCUT2D eigenvalue weighted by Crippen LogP contribution is -2.30. The predicted octanol–water partition coefficient (Wildman–Crippen LogP) is 3.86. The van der Waals surface area contributed by atoms with Crippen molar-refractivity contribution in [1.82, 2.24) is 0 Å². The molecule has 6 unspecified atom stereocenters. The first-order valence-electron chi connectivity index (χ1n) is 15.5. The zero-order valence-corrected chi connectivity index (χ0v) is 25.8. The molecule has 260 valence electrons. The van der Waals surface area contributed by atoms with Crippen LogP contribution in [0, 0.1) is 0 Å². The summed E-state index contributed by atoms with van der Waals surface area (Å²) in [6.07, 6.45) is -5.92. The third-order valence-corrected chi connectivity index (χ3v) is 9.02. The van der Waals surface area contributed by atoms with Crippen LogP contribution in [0.1, 0.15) is 89.6 Å². The van der Waals surface area contributed by atoms with Gasteiger partial charge in [0.15, 0.2) is 40.6 Å². The molecular weight excluding hydrogens is 644 g/mol. The van der Waals surface area contributed by atoms with E-state index in [2.05, 4.69) is 0 Å². The van der Waals surface area contributed by atoms with Crippen LogP contribution in [-0.4, -0.2) is 67.4 Å². The quantitative estimate of drug-likeness (QED) is 0.118. The summed E-state index contributed by atoms with van der Waals surface area (Å²) in [5, 5.41) is 124. The lowest BCUT2D eigenvalue weighted by atomic mass is 9.90. The molecule has 0 saturated heterocycles. The Labute approximate surface area is 278 Å². The summed E-state index contributed by atoms with van der Waals surface area (Å²) < 4.78 is 11.7. The molecule has 4 aromatic carbocycles. The molecule has 0 saturated carbocycles. The van der Waals surface area contributed by atoms with Crippen LogP contribution >= 0.6 is 0 Å². The monoisotopic (exact) mass is 680 g/mol. The lowest BCUT2D eigenvalue weighted by Gasteiger charge is -2.32. The van der Waals surface area contributed by atoms with E-state index in [-0.39, 0.29) is 77.4 Å². The van der Waals surface area contributed by atoms with Crippen LogP contribution in [0.4, 0.5) is 0 Å². The summed E-state index contributed by atoms with van der Waals surface area (Å²) in [5.74, 6) is -3.97. The van der Waals surface area contributed by atoms with Gasteiger partial charge < -0.3 is 70.8 Å². The van der Waals surface area contributed by atoms with E-state index in [1.54, 1.807) is 0 Å². The van der Waals surface area contributed by atoms with Crippen LogP contribution in [0.15, 0.2) is 48.5 Å². The zero-order chi connectivity index (χ0) is 35.3. The van der Waals surface area contributed by atoms with Crippen molar-refractivity contribution in [3.63, 3.8) is 0 Å². The number of ether oxygens (including phenoxy) is 2. The minimum atomic E-state index is -1.19. The molecule has 0 fully saturated rings. The molecule has 12 N–H and O–H groups in total. The van der Waals surface area contributed by atoms with Crippen LogP contribution in [-0.2, 0) is 6.42 Å².